The van der Waals surface area contributed by atoms with E-state index in [0.717, 1.165) is 6.42 Å². The van der Waals surface area contributed by atoms with Crippen molar-refractivity contribution in [3.05, 3.63) is 82.1 Å². The lowest BCUT2D eigenvalue weighted by Gasteiger charge is -2.30. The lowest BCUT2D eigenvalue weighted by atomic mass is 10.0. The van der Waals surface area contributed by atoms with Gasteiger partial charge >= 0.3 is 12.2 Å². The van der Waals surface area contributed by atoms with Gasteiger partial charge in [0.05, 0.1) is 18.8 Å². The summed E-state index contributed by atoms with van der Waals surface area (Å²) in [5, 5.41) is 5.86. The molecule has 1 saturated carbocycles. The molecule has 14 nitrogen and oxygen atoms in total. The SMILES string of the molecule is CC(C)(C)OC(=O)N[C@H]1CCCCC/C=C\[C@@H]2C[C@@]2(C(=O)NS(=O)(=O)Cc2ccc(Cl)cc2)NC(=O)[C@@H]2C[C@@H](OC(=O)N3Cc4cccc(F)c4C3)CN2C1=O. The number of alkyl carbamates (subject to hydrolysis) is 1. The number of nitrogens with one attached hydrogen (secondary N) is 3. The predicted octanol–water partition coefficient (Wildman–Crippen LogP) is 4.84. The number of nitrogens with zero attached hydrogens (tertiary/aromatic N) is 2. The second-order valence-corrected chi connectivity index (χ2v) is 18.0. The topological polar surface area (TPSA) is 181 Å². The van der Waals surface area contributed by atoms with Crippen molar-refractivity contribution in [2.75, 3.05) is 6.54 Å². The highest BCUT2D eigenvalue weighted by molar-refractivity contribution is 7.89. The molecular weight excluding hydrogens is 769 g/mol. The normalized spacial score (nSPS) is 26.0. The van der Waals surface area contributed by atoms with E-state index in [1.54, 1.807) is 39.0 Å². The van der Waals surface area contributed by atoms with Crippen molar-refractivity contribution in [1.82, 2.24) is 25.2 Å². The van der Waals surface area contributed by atoms with Crippen LogP contribution in [0.1, 0.15) is 82.4 Å². The van der Waals surface area contributed by atoms with Crippen molar-refractivity contribution in [2.24, 2.45) is 5.92 Å². The predicted molar refractivity (Wildman–Crippen MR) is 203 cm³/mol. The molecule has 6 rings (SSSR count). The van der Waals surface area contributed by atoms with Crippen LogP contribution in [0.2, 0.25) is 5.02 Å². The molecule has 1 aliphatic carbocycles. The summed E-state index contributed by atoms with van der Waals surface area (Å²) in [7, 11) is -4.22. The molecule has 2 fully saturated rings. The highest BCUT2D eigenvalue weighted by Crippen LogP contribution is 2.46. The fourth-order valence-corrected chi connectivity index (χ4v) is 8.70. The van der Waals surface area contributed by atoms with E-state index in [0.29, 0.717) is 41.0 Å². The Kier molecular flexibility index (Phi) is 12.0. The number of carbonyl (C=O) groups is 5. The maximum atomic E-state index is 14.5. The van der Waals surface area contributed by atoms with Crippen LogP contribution >= 0.6 is 11.6 Å². The Balaban J connectivity index is 1.25. The average Bonchev–Trinajstić information content (AvgIpc) is 3.40. The Morgan fingerprint density at radius 3 is 2.52 bits per heavy atom. The molecular formula is C39H47ClFN5O9S. The van der Waals surface area contributed by atoms with Gasteiger partial charge in [0, 0.05) is 29.5 Å². The minimum atomic E-state index is -4.22. The number of allylic oxidation sites excluding steroid dienone is 1. The quantitative estimate of drug-likeness (QED) is 0.344. The maximum Gasteiger partial charge on any atom is 0.410 e. The van der Waals surface area contributed by atoms with Crippen LogP contribution in [0.25, 0.3) is 0 Å². The van der Waals surface area contributed by atoms with Crippen LogP contribution in [0.4, 0.5) is 14.0 Å². The molecule has 3 N–H and O–H groups in total. The standard InChI is InChI=1S/C39H47ClFN5O9S/c1-38(2,3)55-36(50)42-31-13-8-6-4-5-7-11-26-19-39(26,35(49)44-56(52,53)23-24-14-16-27(40)17-15-24)43-33(47)32-18-28(21-46(32)34(31)48)54-37(51)45-20-25-10-9-12-30(41)29(25)22-45/h7,9-12,14-17,26,28,31-32H,4-6,8,13,18-23H2,1-3H3,(H,42,50)(H,43,47)(H,44,49)/b11-7-/t26-,28-,31+,32+,39-/m1/s1. The third kappa shape index (κ3) is 9.81. The Labute approximate surface area is 330 Å². The number of fused-ring (bicyclic) bond motifs is 3. The van der Waals surface area contributed by atoms with Crippen LogP contribution in [0, 0.1) is 11.7 Å². The second-order valence-electron chi connectivity index (χ2n) is 15.8. The van der Waals surface area contributed by atoms with Crippen molar-refractivity contribution in [2.45, 2.75) is 114 Å². The van der Waals surface area contributed by atoms with E-state index in [1.165, 1.54) is 40.1 Å². The van der Waals surface area contributed by atoms with Gasteiger partial charge in [0.25, 0.3) is 5.91 Å². The van der Waals surface area contributed by atoms with Gasteiger partial charge in [-0.25, -0.2) is 22.4 Å². The summed E-state index contributed by atoms with van der Waals surface area (Å²) < 4.78 is 54.3. The molecule has 56 heavy (non-hydrogen) atoms. The van der Waals surface area contributed by atoms with Gasteiger partial charge in [0.2, 0.25) is 21.8 Å². The van der Waals surface area contributed by atoms with Gasteiger partial charge in [0.15, 0.2) is 0 Å². The van der Waals surface area contributed by atoms with E-state index >= 15 is 0 Å². The number of ether oxygens (including phenoxy) is 2. The van der Waals surface area contributed by atoms with Gasteiger partial charge in [-0.15, -0.1) is 0 Å². The zero-order valence-electron chi connectivity index (χ0n) is 31.5. The summed E-state index contributed by atoms with van der Waals surface area (Å²) in [4.78, 5) is 71.5. The molecule has 0 bridgehead atoms. The Hall–Kier alpha value is -4.70. The number of halogens is 2. The van der Waals surface area contributed by atoms with Crippen LogP contribution in [0.15, 0.2) is 54.6 Å². The molecule has 5 atom stereocenters. The third-order valence-electron chi connectivity index (χ3n) is 10.3. The molecule has 0 aromatic heterocycles. The van der Waals surface area contributed by atoms with E-state index in [1.807, 2.05) is 6.08 Å². The molecule has 302 valence electrons. The van der Waals surface area contributed by atoms with Gasteiger partial charge in [-0.3, -0.25) is 24.0 Å². The summed E-state index contributed by atoms with van der Waals surface area (Å²) in [6, 6.07) is 8.32. The minimum Gasteiger partial charge on any atom is -0.444 e. The summed E-state index contributed by atoms with van der Waals surface area (Å²) in [6.07, 6.45) is 3.88. The molecule has 2 aromatic carbocycles. The fourth-order valence-electron chi connectivity index (χ4n) is 7.41. The first-order valence-electron chi connectivity index (χ1n) is 18.7. The number of sulfonamides is 1. The number of rotatable bonds is 6. The molecule has 3 aliphatic heterocycles. The van der Waals surface area contributed by atoms with Gasteiger partial charge in [-0.1, -0.05) is 60.9 Å². The zero-order valence-corrected chi connectivity index (χ0v) is 33.1. The van der Waals surface area contributed by atoms with Gasteiger partial charge < -0.3 is 25.0 Å². The Morgan fingerprint density at radius 2 is 1.80 bits per heavy atom. The van der Waals surface area contributed by atoms with Crippen molar-refractivity contribution in [1.29, 1.82) is 0 Å². The van der Waals surface area contributed by atoms with Gasteiger partial charge in [-0.05, 0) is 75.8 Å². The summed E-state index contributed by atoms with van der Waals surface area (Å²) in [5.41, 5.74) is -1.10. The van der Waals surface area contributed by atoms with Crippen molar-refractivity contribution in [3.8, 4) is 0 Å². The molecule has 0 unspecified atom stereocenters. The first-order chi connectivity index (χ1) is 26.4. The molecule has 3 heterocycles. The summed E-state index contributed by atoms with van der Waals surface area (Å²) in [6.45, 7) is 4.93. The lowest BCUT2D eigenvalue weighted by Crippen LogP contribution is -2.58. The monoisotopic (exact) mass is 815 g/mol. The lowest BCUT2D eigenvalue weighted by molar-refractivity contribution is -0.141. The molecule has 0 spiro atoms. The number of hydrogen-bond donors (Lipinski definition) is 3. The van der Waals surface area contributed by atoms with Gasteiger partial charge in [0.1, 0.15) is 35.1 Å². The minimum absolute atomic E-state index is 0.0184. The molecule has 1 saturated heterocycles. The van der Waals surface area contributed by atoms with Crippen molar-refractivity contribution in [3.63, 3.8) is 0 Å². The molecule has 5 amide bonds. The van der Waals surface area contributed by atoms with Crippen LogP contribution in [0.5, 0.6) is 0 Å². The van der Waals surface area contributed by atoms with Gasteiger partial charge in [-0.2, -0.15) is 0 Å². The van der Waals surface area contributed by atoms with Crippen LogP contribution in [0.3, 0.4) is 0 Å². The van der Waals surface area contributed by atoms with E-state index in [4.69, 9.17) is 21.1 Å². The highest BCUT2D eigenvalue weighted by Gasteiger charge is 2.61. The van der Waals surface area contributed by atoms with E-state index < -0.39 is 86.7 Å². The Morgan fingerprint density at radius 1 is 1.05 bits per heavy atom. The first kappa shape index (κ1) is 40.9. The van der Waals surface area contributed by atoms with Crippen LogP contribution in [-0.2, 0) is 52.7 Å². The van der Waals surface area contributed by atoms with Crippen molar-refractivity contribution >= 4 is 51.5 Å². The van der Waals surface area contributed by atoms with E-state index in [2.05, 4.69) is 15.4 Å². The molecule has 2 aromatic rings. The smallest absolute Gasteiger partial charge is 0.410 e. The number of benzene rings is 2. The Bertz CT molecular complexity index is 2010. The van der Waals surface area contributed by atoms with E-state index in [-0.39, 0.29) is 38.9 Å². The van der Waals surface area contributed by atoms with Crippen LogP contribution < -0.4 is 15.4 Å². The summed E-state index contributed by atoms with van der Waals surface area (Å²) in [5.74, 6) is -3.81. The molecule has 4 aliphatic rings. The number of hydrogen-bond acceptors (Lipinski definition) is 9. The highest BCUT2D eigenvalue weighted by atomic mass is 35.5. The first-order valence-corrected chi connectivity index (χ1v) is 20.8. The van der Waals surface area contributed by atoms with Crippen LogP contribution in [-0.4, -0.2) is 84.0 Å². The zero-order chi connectivity index (χ0) is 40.4. The third-order valence-corrected chi connectivity index (χ3v) is 11.8. The molecule has 0 radical (unpaired) electrons. The largest absolute Gasteiger partial charge is 0.444 e. The number of carbonyl (C=O) groups excluding carboxylic acids is 5. The van der Waals surface area contributed by atoms with E-state index in [9.17, 15) is 36.8 Å². The number of amides is 5. The fraction of sp³-hybridized carbons (Fsp3) is 0.513. The maximum absolute atomic E-state index is 14.5. The molecule has 17 heteroatoms. The second kappa shape index (κ2) is 16.4. The van der Waals surface area contributed by atoms with Crippen molar-refractivity contribution < 1.29 is 46.3 Å². The average molecular weight is 816 g/mol. The summed E-state index contributed by atoms with van der Waals surface area (Å²) >= 11 is 5.94.